The smallest absolute Gasteiger partial charge is 0.410 e. The molecular formula is C17H22N4O4. The molecule has 1 amide bonds. The summed E-state index contributed by atoms with van der Waals surface area (Å²) in [6.07, 6.45) is -0.515. The van der Waals surface area contributed by atoms with Crippen LogP contribution >= 0.6 is 0 Å². The molecule has 134 valence electrons. The molecule has 0 unspecified atom stereocenters. The SMILES string of the molecule is CN(Cc1n[nH]nc1C(=O)OCc1ccccc1)C(=O)OC(C)(C)C. The Morgan fingerprint density at radius 3 is 2.48 bits per heavy atom. The van der Waals surface area contributed by atoms with Crippen LogP contribution < -0.4 is 0 Å². The second-order valence-corrected chi connectivity index (χ2v) is 6.52. The Morgan fingerprint density at radius 2 is 1.84 bits per heavy atom. The van der Waals surface area contributed by atoms with Crippen LogP contribution in [-0.2, 0) is 22.6 Å². The van der Waals surface area contributed by atoms with Gasteiger partial charge in [0.2, 0.25) is 0 Å². The van der Waals surface area contributed by atoms with Gasteiger partial charge in [-0.25, -0.2) is 9.59 Å². The molecule has 0 aliphatic rings. The predicted octanol–water partition coefficient (Wildman–Crippen LogP) is 2.53. The lowest BCUT2D eigenvalue weighted by molar-refractivity contribution is 0.0278. The summed E-state index contributed by atoms with van der Waals surface area (Å²) in [5.41, 5.74) is 0.622. The molecule has 1 aromatic heterocycles. The quantitative estimate of drug-likeness (QED) is 0.836. The molecule has 0 saturated carbocycles. The van der Waals surface area contributed by atoms with E-state index in [1.807, 2.05) is 30.3 Å². The topological polar surface area (TPSA) is 97.4 Å². The average molecular weight is 346 g/mol. The highest BCUT2D eigenvalue weighted by Crippen LogP contribution is 2.13. The number of amides is 1. The number of hydrogen-bond acceptors (Lipinski definition) is 6. The van der Waals surface area contributed by atoms with Gasteiger partial charge in [0.05, 0.1) is 6.54 Å². The third kappa shape index (κ3) is 5.59. The van der Waals surface area contributed by atoms with Gasteiger partial charge >= 0.3 is 12.1 Å². The fourth-order valence-corrected chi connectivity index (χ4v) is 1.95. The zero-order valence-corrected chi connectivity index (χ0v) is 14.8. The van der Waals surface area contributed by atoms with Crippen molar-refractivity contribution in [3.8, 4) is 0 Å². The molecule has 2 aromatic rings. The third-order valence-electron chi connectivity index (χ3n) is 3.12. The van der Waals surface area contributed by atoms with E-state index in [-0.39, 0.29) is 18.8 Å². The van der Waals surface area contributed by atoms with Gasteiger partial charge in [0, 0.05) is 7.05 Å². The van der Waals surface area contributed by atoms with Gasteiger partial charge in [0.25, 0.3) is 0 Å². The van der Waals surface area contributed by atoms with Crippen molar-refractivity contribution in [1.29, 1.82) is 0 Å². The van der Waals surface area contributed by atoms with E-state index in [9.17, 15) is 9.59 Å². The van der Waals surface area contributed by atoms with Crippen molar-refractivity contribution in [1.82, 2.24) is 20.3 Å². The molecule has 2 rings (SSSR count). The zero-order chi connectivity index (χ0) is 18.4. The second-order valence-electron chi connectivity index (χ2n) is 6.52. The molecule has 8 nitrogen and oxygen atoms in total. The van der Waals surface area contributed by atoms with E-state index in [4.69, 9.17) is 9.47 Å². The fourth-order valence-electron chi connectivity index (χ4n) is 1.95. The molecule has 0 fully saturated rings. The maximum absolute atomic E-state index is 12.2. The summed E-state index contributed by atoms with van der Waals surface area (Å²) in [5.74, 6) is -0.606. The highest BCUT2D eigenvalue weighted by molar-refractivity contribution is 5.88. The van der Waals surface area contributed by atoms with Gasteiger partial charge in [0.1, 0.15) is 17.9 Å². The number of rotatable bonds is 5. The standard InChI is InChI=1S/C17H22N4O4/c1-17(2,3)25-16(23)21(4)10-13-14(19-20-18-13)15(22)24-11-12-8-6-5-7-9-12/h5-9H,10-11H2,1-4H3,(H,18,19,20). The number of nitrogens with zero attached hydrogens (tertiary/aromatic N) is 3. The highest BCUT2D eigenvalue weighted by Gasteiger charge is 2.24. The number of esters is 1. The summed E-state index contributed by atoms with van der Waals surface area (Å²) < 4.78 is 10.5. The van der Waals surface area contributed by atoms with Crippen molar-refractivity contribution in [3.63, 3.8) is 0 Å². The lowest BCUT2D eigenvalue weighted by Crippen LogP contribution is -2.34. The van der Waals surface area contributed by atoms with E-state index in [2.05, 4.69) is 15.4 Å². The van der Waals surface area contributed by atoms with Crippen molar-refractivity contribution in [2.45, 2.75) is 39.5 Å². The molecule has 0 bridgehead atoms. The summed E-state index contributed by atoms with van der Waals surface area (Å²) in [4.78, 5) is 25.5. The Hall–Kier alpha value is -2.90. The molecule has 0 radical (unpaired) electrons. The zero-order valence-electron chi connectivity index (χ0n) is 14.8. The van der Waals surface area contributed by atoms with Gasteiger partial charge in [-0.15, -0.1) is 5.10 Å². The first-order valence-electron chi connectivity index (χ1n) is 7.81. The number of aromatic nitrogens is 3. The fraction of sp³-hybridized carbons (Fsp3) is 0.412. The van der Waals surface area contributed by atoms with Crippen LogP contribution in [0.15, 0.2) is 30.3 Å². The Bertz CT molecular complexity index is 722. The number of H-pyrrole nitrogens is 1. The van der Waals surface area contributed by atoms with Crippen LogP contribution in [0, 0.1) is 0 Å². The average Bonchev–Trinajstić information content (AvgIpc) is 3.00. The van der Waals surface area contributed by atoms with E-state index in [0.29, 0.717) is 5.69 Å². The molecule has 0 aliphatic carbocycles. The molecule has 0 spiro atoms. The summed E-state index contributed by atoms with van der Waals surface area (Å²) in [6.45, 7) is 5.54. The number of aromatic amines is 1. The number of hydrogen-bond donors (Lipinski definition) is 1. The molecule has 1 aromatic carbocycles. The van der Waals surface area contributed by atoms with Crippen molar-refractivity contribution >= 4 is 12.1 Å². The maximum atomic E-state index is 12.2. The molecule has 0 saturated heterocycles. The number of benzene rings is 1. The largest absolute Gasteiger partial charge is 0.456 e. The van der Waals surface area contributed by atoms with Crippen molar-refractivity contribution < 1.29 is 19.1 Å². The van der Waals surface area contributed by atoms with Crippen LogP contribution in [0.5, 0.6) is 0 Å². The molecule has 8 heteroatoms. The second kappa shape index (κ2) is 7.78. The van der Waals surface area contributed by atoms with Gasteiger partial charge < -0.3 is 14.4 Å². The summed E-state index contributed by atoms with van der Waals surface area (Å²) in [6, 6.07) is 9.31. The van der Waals surface area contributed by atoms with E-state index in [1.54, 1.807) is 27.8 Å². The van der Waals surface area contributed by atoms with Crippen LogP contribution in [0.2, 0.25) is 0 Å². The van der Waals surface area contributed by atoms with Crippen molar-refractivity contribution in [2.75, 3.05) is 7.05 Å². The van der Waals surface area contributed by atoms with E-state index < -0.39 is 17.7 Å². The lowest BCUT2D eigenvalue weighted by atomic mass is 10.2. The van der Waals surface area contributed by atoms with Crippen LogP contribution in [-0.4, -0.2) is 45.0 Å². The van der Waals surface area contributed by atoms with Crippen LogP contribution in [0.3, 0.4) is 0 Å². The first-order valence-corrected chi connectivity index (χ1v) is 7.81. The van der Waals surface area contributed by atoms with E-state index in [0.717, 1.165) is 5.56 Å². The maximum Gasteiger partial charge on any atom is 0.410 e. The molecule has 1 N–H and O–H groups in total. The van der Waals surface area contributed by atoms with Gasteiger partial charge in [-0.1, -0.05) is 30.3 Å². The Balaban J connectivity index is 1.97. The molecule has 0 atom stereocenters. The predicted molar refractivity (Wildman–Crippen MR) is 89.6 cm³/mol. The van der Waals surface area contributed by atoms with E-state index >= 15 is 0 Å². The molecule has 1 heterocycles. The van der Waals surface area contributed by atoms with Gasteiger partial charge in [-0.3, -0.25) is 0 Å². The van der Waals surface area contributed by atoms with Gasteiger partial charge in [0.15, 0.2) is 5.69 Å². The van der Waals surface area contributed by atoms with Gasteiger partial charge in [-0.05, 0) is 26.3 Å². The Kier molecular flexibility index (Phi) is 5.74. The number of ether oxygens (including phenoxy) is 2. The Morgan fingerprint density at radius 1 is 1.16 bits per heavy atom. The summed E-state index contributed by atoms with van der Waals surface area (Å²) in [7, 11) is 1.56. The monoisotopic (exact) mass is 346 g/mol. The van der Waals surface area contributed by atoms with Crippen LogP contribution in [0.4, 0.5) is 4.79 Å². The highest BCUT2D eigenvalue weighted by atomic mass is 16.6. The first-order chi connectivity index (χ1) is 11.8. The third-order valence-corrected chi connectivity index (χ3v) is 3.12. The number of carbonyl (C=O) groups is 2. The van der Waals surface area contributed by atoms with Crippen molar-refractivity contribution in [2.24, 2.45) is 0 Å². The Labute approximate surface area is 146 Å². The minimum Gasteiger partial charge on any atom is -0.456 e. The summed E-state index contributed by atoms with van der Waals surface area (Å²) in [5, 5.41) is 10.1. The number of nitrogens with one attached hydrogen (secondary N) is 1. The molecule has 0 aliphatic heterocycles. The number of carbonyl (C=O) groups excluding carboxylic acids is 2. The van der Waals surface area contributed by atoms with Crippen LogP contribution in [0.25, 0.3) is 0 Å². The molecular weight excluding hydrogens is 324 g/mol. The van der Waals surface area contributed by atoms with E-state index in [1.165, 1.54) is 4.90 Å². The minimum atomic E-state index is -0.606. The summed E-state index contributed by atoms with van der Waals surface area (Å²) >= 11 is 0. The minimum absolute atomic E-state index is 0.0475. The van der Waals surface area contributed by atoms with Gasteiger partial charge in [-0.2, -0.15) is 10.3 Å². The molecule has 25 heavy (non-hydrogen) atoms. The first kappa shape index (κ1) is 18.4. The normalized spacial score (nSPS) is 11.0. The lowest BCUT2D eigenvalue weighted by Gasteiger charge is -2.24. The van der Waals surface area contributed by atoms with Crippen molar-refractivity contribution in [3.05, 3.63) is 47.3 Å². The van der Waals surface area contributed by atoms with Crippen LogP contribution in [0.1, 0.15) is 42.5 Å².